The lowest BCUT2D eigenvalue weighted by Crippen LogP contribution is -2.50. The topological polar surface area (TPSA) is 87.3 Å². The molecule has 0 spiro atoms. The molecule has 1 aliphatic heterocycles. The van der Waals surface area contributed by atoms with Crippen LogP contribution in [0.2, 0.25) is 0 Å². The minimum Gasteiger partial charge on any atom is -0.348 e. The molecule has 2 unspecified atom stereocenters. The number of rotatable bonds is 6. The van der Waals surface area contributed by atoms with Crippen LogP contribution in [0.1, 0.15) is 28.6 Å². The molecule has 1 fully saturated rings. The number of hydrogen-bond donors (Lipinski definition) is 3. The third-order valence-electron chi connectivity index (χ3n) is 4.59. The van der Waals surface area contributed by atoms with Gasteiger partial charge in [0.15, 0.2) is 0 Å². The molecule has 2 heterocycles. The third kappa shape index (κ3) is 5.76. The Kier molecular flexibility index (Phi) is 7.81. The summed E-state index contributed by atoms with van der Waals surface area (Å²) >= 11 is 1.50. The normalized spacial score (nSPS) is 19.9. The molecule has 0 saturated carbocycles. The zero-order chi connectivity index (χ0) is 18.6. The molecule has 1 amide bonds. The smallest absolute Gasteiger partial charge is 0.251 e. The van der Waals surface area contributed by atoms with Gasteiger partial charge in [0.2, 0.25) is 10.0 Å². The number of halogens is 1. The molecule has 2 aromatic rings. The largest absolute Gasteiger partial charge is 0.348 e. The maximum atomic E-state index is 12.4. The van der Waals surface area contributed by atoms with E-state index in [1.54, 1.807) is 12.1 Å². The van der Waals surface area contributed by atoms with Crippen LogP contribution in [0, 0.1) is 5.92 Å². The second-order valence-corrected chi connectivity index (χ2v) is 9.28. The van der Waals surface area contributed by atoms with Gasteiger partial charge in [-0.15, -0.1) is 23.7 Å². The Morgan fingerprint density at radius 2 is 2.00 bits per heavy atom. The van der Waals surface area contributed by atoms with Crippen LogP contribution in [0.15, 0.2) is 46.7 Å². The highest BCUT2D eigenvalue weighted by Gasteiger charge is 2.23. The molecule has 6 nitrogen and oxygen atoms in total. The first-order chi connectivity index (χ1) is 12.5. The molecule has 2 atom stereocenters. The standard InChI is InChI=1S/C18H23N3O3S2.ClH/c1-13-8-9-19-12-17(13)21-18(22)14-4-6-16(7-5-14)26(23,24)20-11-15-3-2-10-25-15;/h2-7,10,13,17,19-20H,8-9,11-12H2,1H3,(H,21,22);1H. The Balaban J connectivity index is 0.00000261. The second kappa shape index (κ2) is 9.66. The molecule has 27 heavy (non-hydrogen) atoms. The summed E-state index contributed by atoms with van der Waals surface area (Å²) in [7, 11) is -3.60. The summed E-state index contributed by atoms with van der Waals surface area (Å²) in [5, 5.41) is 8.20. The van der Waals surface area contributed by atoms with Gasteiger partial charge in [-0.1, -0.05) is 13.0 Å². The lowest BCUT2D eigenvalue weighted by Gasteiger charge is -2.30. The maximum Gasteiger partial charge on any atom is 0.251 e. The molecular formula is C18H24ClN3O3S2. The fourth-order valence-corrected chi connectivity index (χ4v) is 4.63. The number of carbonyl (C=O) groups is 1. The molecule has 148 valence electrons. The van der Waals surface area contributed by atoms with Crippen LogP contribution in [0.25, 0.3) is 0 Å². The van der Waals surface area contributed by atoms with E-state index in [0.29, 0.717) is 11.5 Å². The molecule has 1 saturated heterocycles. The molecule has 3 N–H and O–H groups in total. The first-order valence-electron chi connectivity index (χ1n) is 8.59. The molecule has 0 bridgehead atoms. The van der Waals surface area contributed by atoms with Crippen LogP contribution in [0.4, 0.5) is 0 Å². The predicted octanol–water partition coefficient (Wildman–Crippen LogP) is 2.38. The van der Waals surface area contributed by atoms with Crippen LogP contribution in [0.5, 0.6) is 0 Å². The Morgan fingerprint density at radius 3 is 2.63 bits per heavy atom. The lowest BCUT2D eigenvalue weighted by atomic mass is 9.94. The van der Waals surface area contributed by atoms with Crippen molar-refractivity contribution < 1.29 is 13.2 Å². The number of nitrogens with one attached hydrogen (secondary N) is 3. The summed E-state index contributed by atoms with van der Waals surface area (Å²) in [6, 6.07) is 9.88. The van der Waals surface area contributed by atoms with E-state index in [2.05, 4.69) is 22.3 Å². The quantitative estimate of drug-likeness (QED) is 0.657. The molecule has 1 aromatic heterocycles. The summed E-state index contributed by atoms with van der Waals surface area (Å²) in [5.41, 5.74) is 0.458. The number of piperidine rings is 1. The van der Waals surface area contributed by atoms with Gasteiger partial charge in [0.1, 0.15) is 0 Å². The van der Waals surface area contributed by atoms with E-state index in [9.17, 15) is 13.2 Å². The summed E-state index contributed by atoms with van der Waals surface area (Å²) in [6.07, 6.45) is 1.03. The number of hydrogen-bond acceptors (Lipinski definition) is 5. The number of amides is 1. The van der Waals surface area contributed by atoms with Crippen molar-refractivity contribution >= 4 is 39.7 Å². The molecule has 0 aliphatic carbocycles. The van der Waals surface area contributed by atoms with Crippen molar-refractivity contribution in [2.45, 2.75) is 30.8 Å². The average Bonchev–Trinajstić information content (AvgIpc) is 3.16. The van der Waals surface area contributed by atoms with Crippen molar-refractivity contribution in [3.63, 3.8) is 0 Å². The van der Waals surface area contributed by atoms with Gasteiger partial charge >= 0.3 is 0 Å². The average molecular weight is 430 g/mol. The van der Waals surface area contributed by atoms with Crippen molar-refractivity contribution in [2.75, 3.05) is 13.1 Å². The highest BCUT2D eigenvalue weighted by atomic mass is 35.5. The minimum absolute atomic E-state index is 0. The number of sulfonamides is 1. The van der Waals surface area contributed by atoms with Gasteiger partial charge in [-0.2, -0.15) is 0 Å². The molecular weight excluding hydrogens is 406 g/mol. The number of carbonyl (C=O) groups excluding carboxylic acids is 1. The Labute approximate surface area is 170 Å². The predicted molar refractivity (Wildman–Crippen MR) is 110 cm³/mol. The Morgan fingerprint density at radius 1 is 1.26 bits per heavy atom. The first kappa shape index (κ1) is 21.8. The van der Waals surface area contributed by atoms with E-state index >= 15 is 0 Å². The Hall–Kier alpha value is -1.45. The van der Waals surface area contributed by atoms with E-state index in [1.165, 1.54) is 23.5 Å². The van der Waals surface area contributed by atoms with Gasteiger partial charge in [0, 0.05) is 29.6 Å². The number of benzene rings is 1. The van der Waals surface area contributed by atoms with E-state index in [-0.39, 0.29) is 35.8 Å². The zero-order valence-corrected chi connectivity index (χ0v) is 17.4. The molecule has 1 aliphatic rings. The van der Waals surface area contributed by atoms with Crippen molar-refractivity contribution in [1.29, 1.82) is 0 Å². The van der Waals surface area contributed by atoms with Crippen molar-refractivity contribution in [2.24, 2.45) is 5.92 Å². The lowest BCUT2D eigenvalue weighted by molar-refractivity contribution is 0.0915. The highest BCUT2D eigenvalue weighted by Crippen LogP contribution is 2.15. The van der Waals surface area contributed by atoms with E-state index < -0.39 is 10.0 Å². The third-order valence-corrected chi connectivity index (χ3v) is 6.88. The SMILES string of the molecule is CC1CCNCC1NC(=O)c1ccc(S(=O)(=O)NCc2cccs2)cc1.Cl. The van der Waals surface area contributed by atoms with Gasteiger partial charge in [-0.3, -0.25) is 4.79 Å². The molecule has 9 heteroatoms. The highest BCUT2D eigenvalue weighted by molar-refractivity contribution is 7.89. The van der Waals surface area contributed by atoms with Gasteiger partial charge in [-0.25, -0.2) is 13.1 Å². The number of thiophene rings is 1. The zero-order valence-electron chi connectivity index (χ0n) is 15.0. The van der Waals surface area contributed by atoms with Gasteiger partial charge < -0.3 is 10.6 Å². The van der Waals surface area contributed by atoms with Crippen molar-refractivity contribution in [3.05, 3.63) is 52.2 Å². The van der Waals surface area contributed by atoms with Crippen molar-refractivity contribution in [3.8, 4) is 0 Å². The fraction of sp³-hybridized carbons (Fsp3) is 0.389. The maximum absolute atomic E-state index is 12.4. The van der Waals surface area contributed by atoms with E-state index in [0.717, 1.165) is 24.4 Å². The van der Waals surface area contributed by atoms with Gasteiger partial charge in [0.05, 0.1) is 4.90 Å². The van der Waals surface area contributed by atoms with Crippen LogP contribution in [-0.2, 0) is 16.6 Å². The summed E-state index contributed by atoms with van der Waals surface area (Å²) in [5.74, 6) is 0.238. The van der Waals surface area contributed by atoms with Gasteiger partial charge in [0.25, 0.3) is 5.91 Å². The summed E-state index contributed by atoms with van der Waals surface area (Å²) in [6.45, 7) is 4.11. The van der Waals surface area contributed by atoms with Crippen LogP contribution < -0.4 is 15.4 Å². The fourth-order valence-electron chi connectivity index (χ4n) is 2.88. The molecule has 1 aromatic carbocycles. The van der Waals surface area contributed by atoms with Crippen LogP contribution in [0.3, 0.4) is 0 Å². The van der Waals surface area contributed by atoms with E-state index in [1.807, 2.05) is 17.5 Å². The second-order valence-electron chi connectivity index (χ2n) is 6.48. The van der Waals surface area contributed by atoms with Gasteiger partial charge in [-0.05, 0) is 54.6 Å². The van der Waals surface area contributed by atoms with Crippen LogP contribution >= 0.6 is 23.7 Å². The summed E-state index contributed by atoms with van der Waals surface area (Å²) < 4.78 is 27.3. The minimum atomic E-state index is -3.60. The molecule has 0 radical (unpaired) electrons. The Bertz CT molecular complexity index is 839. The van der Waals surface area contributed by atoms with Crippen LogP contribution in [-0.4, -0.2) is 33.5 Å². The first-order valence-corrected chi connectivity index (χ1v) is 11.0. The summed E-state index contributed by atoms with van der Waals surface area (Å²) in [4.78, 5) is 13.5. The monoisotopic (exact) mass is 429 g/mol. The van der Waals surface area contributed by atoms with Crippen molar-refractivity contribution in [1.82, 2.24) is 15.4 Å². The van der Waals surface area contributed by atoms with E-state index in [4.69, 9.17) is 0 Å². The molecule has 3 rings (SSSR count).